The van der Waals surface area contributed by atoms with E-state index in [1.807, 2.05) is 18.5 Å². The zero-order valence-corrected chi connectivity index (χ0v) is 14.2. The minimum absolute atomic E-state index is 0.132. The van der Waals surface area contributed by atoms with Crippen LogP contribution in [0.2, 0.25) is 5.02 Å². The van der Waals surface area contributed by atoms with Gasteiger partial charge in [-0.3, -0.25) is 9.48 Å². The summed E-state index contributed by atoms with van der Waals surface area (Å²) in [6, 6.07) is 0. The van der Waals surface area contributed by atoms with Crippen LogP contribution in [0.3, 0.4) is 0 Å². The number of hydrogen-bond donors (Lipinski definition) is 0. The maximum absolute atomic E-state index is 12.9. The number of ether oxygens (including phenoxy) is 1. The normalized spacial score (nSPS) is 26.0. The summed E-state index contributed by atoms with van der Waals surface area (Å²) in [6.45, 7) is 6.78. The quantitative estimate of drug-likeness (QED) is 0.835. The van der Waals surface area contributed by atoms with Crippen molar-refractivity contribution in [2.24, 2.45) is 5.92 Å². The molecular weight excluding hydrogens is 288 g/mol. The van der Waals surface area contributed by atoms with Crippen LogP contribution in [-0.4, -0.2) is 28.3 Å². The number of Topliss-reactive ketones (excluding diaryl/α,β-unsaturated/α-hetero) is 1. The summed E-state index contributed by atoms with van der Waals surface area (Å²) in [5.74, 6) is 0.656. The van der Waals surface area contributed by atoms with Gasteiger partial charge in [-0.1, -0.05) is 24.9 Å². The number of hydrogen-bond acceptors (Lipinski definition) is 3. The summed E-state index contributed by atoms with van der Waals surface area (Å²) in [5, 5.41) is 4.99. The van der Waals surface area contributed by atoms with Crippen LogP contribution in [0.15, 0.2) is 0 Å². The van der Waals surface area contributed by atoms with Crippen LogP contribution >= 0.6 is 11.6 Å². The highest BCUT2D eigenvalue weighted by molar-refractivity contribution is 6.32. The molecule has 0 spiro atoms. The molecule has 0 saturated heterocycles. The molecule has 118 valence electrons. The molecule has 1 heterocycles. The molecular formula is C16H25ClN2O2. The molecule has 2 unspecified atom stereocenters. The molecule has 0 bridgehead atoms. The third kappa shape index (κ3) is 3.16. The topological polar surface area (TPSA) is 44.1 Å². The van der Waals surface area contributed by atoms with Crippen molar-refractivity contribution < 1.29 is 9.53 Å². The largest absolute Gasteiger partial charge is 0.370 e. The van der Waals surface area contributed by atoms with E-state index in [2.05, 4.69) is 12.0 Å². The Hall–Kier alpha value is -0.870. The lowest BCUT2D eigenvalue weighted by Gasteiger charge is -2.37. The summed E-state index contributed by atoms with van der Waals surface area (Å²) in [7, 11) is 1.65. The summed E-state index contributed by atoms with van der Waals surface area (Å²) in [5.41, 5.74) is 0.957. The number of aromatic nitrogens is 2. The molecule has 1 aliphatic carbocycles. The molecule has 21 heavy (non-hydrogen) atoms. The number of nitrogens with zero attached hydrogens (tertiary/aromatic N) is 2. The van der Waals surface area contributed by atoms with E-state index in [0.29, 0.717) is 23.9 Å². The van der Waals surface area contributed by atoms with Gasteiger partial charge < -0.3 is 4.74 Å². The van der Waals surface area contributed by atoms with Crippen LogP contribution in [0.5, 0.6) is 0 Å². The zero-order valence-electron chi connectivity index (χ0n) is 13.4. The average molecular weight is 313 g/mol. The Bertz CT molecular complexity index is 527. The van der Waals surface area contributed by atoms with Gasteiger partial charge in [0, 0.05) is 13.7 Å². The van der Waals surface area contributed by atoms with E-state index in [1.54, 1.807) is 7.11 Å². The van der Waals surface area contributed by atoms with Gasteiger partial charge in [0.05, 0.1) is 22.8 Å². The fourth-order valence-corrected chi connectivity index (χ4v) is 3.61. The lowest BCUT2D eigenvalue weighted by atomic mass is 9.75. The van der Waals surface area contributed by atoms with Gasteiger partial charge in [-0.15, -0.1) is 0 Å². The maximum atomic E-state index is 12.9. The third-order valence-electron chi connectivity index (χ3n) is 4.64. The van der Waals surface area contributed by atoms with Gasteiger partial charge in [-0.25, -0.2) is 0 Å². The van der Waals surface area contributed by atoms with Crippen LogP contribution in [0.1, 0.15) is 50.9 Å². The van der Waals surface area contributed by atoms with E-state index in [1.165, 1.54) is 6.42 Å². The second-order valence-electron chi connectivity index (χ2n) is 6.16. The van der Waals surface area contributed by atoms with Gasteiger partial charge in [0.25, 0.3) is 0 Å². The molecule has 1 aromatic heterocycles. The number of halogens is 1. The molecule has 0 N–H and O–H groups in total. The number of ketones is 1. The van der Waals surface area contributed by atoms with Crippen LogP contribution < -0.4 is 0 Å². The van der Waals surface area contributed by atoms with Gasteiger partial charge in [0.2, 0.25) is 0 Å². The van der Waals surface area contributed by atoms with E-state index in [-0.39, 0.29) is 5.78 Å². The molecule has 1 aromatic rings. The Morgan fingerprint density at radius 3 is 2.86 bits per heavy atom. The Labute approximate surface area is 131 Å². The fraction of sp³-hybridized carbons (Fsp3) is 0.750. The molecule has 5 heteroatoms. The highest BCUT2D eigenvalue weighted by Crippen LogP contribution is 2.36. The smallest absolute Gasteiger partial charge is 0.170 e. The standard InChI is InChI=1S/C16H25ClN2O2/c1-5-19-13(15(17)12(3)18-19)9-14(20)16(21-4)8-6-7-11(2)10-16/h11H,5-10H2,1-4H3. The van der Waals surface area contributed by atoms with Gasteiger partial charge in [0.15, 0.2) is 5.78 Å². The number of carbonyl (C=O) groups excluding carboxylic acids is 1. The molecule has 2 atom stereocenters. The minimum atomic E-state index is -0.641. The Morgan fingerprint density at radius 1 is 1.57 bits per heavy atom. The number of carbonyl (C=O) groups is 1. The van der Waals surface area contributed by atoms with Crippen LogP contribution in [0.25, 0.3) is 0 Å². The predicted molar refractivity (Wildman–Crippen MR) is 83.7 cm³/mol. The molecule has 4 nitrogen and oxygen atoms in total. The summed E-state index contributed by atoms with van der Waals surface area (Å²) < 4.78 is 7.51. The SMILES string of the molecule is CCn1nc(C)c(Cl)c1CC(=O)C1(OC)CCCC(C)C1. The van der Waals surface area contributed by atoms with Crippen molar-refractivity contribution in [1.82, 2.24) is 9.78 Å². The first-order chi connectivity index (χ1) is 9.93. The summed E-state index contributed by atoms with van der Waals surface area (Å²) >= 11 is 6.32. The first-order valence-electron chi connectivity index (χ1n) is 7.73. The summed E-state index contributed by atoms with van der Waals surface area (Å²) in [4.78, 5) is 12.9. The van der Waals surface area contributed by atoms with Gasteiger partial charge in [-0.05, 0) is 39.0 Å². The molecule has 0 aliphatic heterocycles. The second-order valence-corrected chi connectivity index (χ2v) is 6.54. The first kappa shape index (κ1) is 16.5. The Kier molecular flexibility index (Phi) is 5.10. The van der Waals surface area contributed by atoms with E-state index in [4.69, 9.17) is 16.3 Å². The monoisotopic (exact) mass is 312 g/mol. The van der Waals surface area contributed by atoms with E-state index < -0.39 is 5.60 Å². The number of rotatable bonds is 5. The van der Waals surface area contributed by atoms with E-state index in [0.717, 1.165) is 30.7 Å². The lowest BCUT2D eigenvalue weighted by Crippen LogP contribution is -2.45. The van der Waals surface area contributed by atoms with Crippen LogP contribution in [-0.2, 0) is 22.5 Å². The zero-order chi connectivity index (χ0) is 15.6. The van der Waals surface area contributed by atoms with Crippen molar-refractivity contribution in [2.45, 2.75) is 65.0 Å². The highest BCUT2D eigenvalue weighted by Gasteiger charge is 2.42. The first-order valence-corrected chi connectivity index (χ1v) is 8.11. The molecule has 2 rings (SSSR count). The predicted octanol–water partition coefficient (Wildman–Crippen LogP) is 3.57. The average Bonchev–Trinajstić information content (AvgIpc) is 2.74. The van der Waals surface area contributed by atoms with E-state index in [9.17, 15) is 4.79 Å². The van der Waals surface area contributed by atoms with Crippen LogP contribution in [0, 0.1) is 12.8 Å². The van der Waals surface area contributed by atoms with Crippen molar-refractivity contribution in [3.63, 3.8) is 0 Å². The minimum Gasteiger partial charge on any atom is -0.370 e. The molecule has 0 amide bonds. The molecule has 1 saturated carbocycles. The van der Waals surface area contributed by atoms with Crippen molar-refractivity contribution in [3.8, 4) is 0 Å². The van der Waals surface area contributed by atoms with E-state index >= 15 is 0 Å². The molecule has 0 aromatic carbocycles. The Morgan fingerprint density at radius 2 is 2.29 bits per heavy atom. The van der Waals surface area contributed by atoms with Gasteiger partial charge >= 0.3 is 0 Å². The van der Waals surface area contributed by atoms with Crippen molar-refractivity contribution >= 4 is 17.4 Å². The van der Waals surface area contributed by atoms with Gasteiger partial charge in [0.1, 0.15) is 5.60 Å². The van der Waals surface area contributed by atoms with Crippen molar-refractivity contribution in [1.29, 1.82) is 0 Å². The lowest BCUT2D eigenvalue weighted by molar-refractivity contribution is -0.146. The van der Waals surface area contributed by atoms with Crippen molar-refractivity contribution in [2.75, 3.05) is 7.11 Å². The number of methoxy groups -OCH3 is 1. The number of aryl methyl sites for hydroxylation is 2. The highest BCUT2D eigenvalue weighted by atomic mass is 35.5. The maximum Gasteiger partial charge on any atom is 0.170 e. The molecule has 1 fully saturated rings. The fourth-order valence-electron chi connectivity index (χ4n) is 3.41. The molecule has 1 aliphatic rings. The van der Waals surface area contributed by atoms with Crippen LogP contribution in [0.4, 0.5) is 0 Å². The van der Waals surface area contributed by atoms with Crippen molar-refractivity contribution in [3.05, 3.63) is 16.4 Å². The third-order valence-corrected chi connectivity index (χ3v) is 5.13. The molecule has 0 radical (unpaired) electrons. The summed E-state index contributed by atoms with van der Waals surface area (Å²) in [6.07, 6.45) is 4.13. The second kappa shape index (κ2) is 6.49. The van der Waals surface area contributed by atoms with Gasteiger partial charge in [-0.2, -0.15) is 5.10 Å². The Balaban J connectivity index is 2.24.